The van der Waals surface area contributed by atoms with Gasteiger partial charge in [0.1, 0.15) is 15.6 Å². The normalized spacial score (nSPS) is 13.1. The Hall–Kier alpha value is -0.780. The first-order valence-electron chi connectivity index (χ1n) is 7.25. The fraction of sp³-hybridized carbons (Fsp3) is 0.600. The number of rotatable bonds is 9. The van der Waals surface area contributed by atoms with E-state index in [0.29, 0.717) is 30.2 Å². The fourth-order valence-corrected chi connectivity index (χ4v) is 3.00. The summed E-state index contributed by atoms with van der Waals surface area (Å²) in [5.74, 6) is 0.921. The van der Waals surface area contributed by atoms with E-state index in [9.17, 15) is 8.42 Å². The van der Waals surface area contributed by atoms with E-state index in [-0.39, 0.29) is 17.5 Å². The molecule has 1 rings (SSSR count). The van der Waals surface area contributed by atoms with Crippen LogP contribution < -0.4 is 10.5 Å². The zero-order chi connectivity index (χ0) is 15.9. The molecule has 0 amide bonds. The number of para-hydroxylation sites is 1. The average Bonchev–Trinajstić information content (AvgIpc) is 2.45. The van der Waals surface area contributed by atoms with Gasteiger partial charge in [-0.05, 0) is 30.9 Å². The molecule has 1 atom stereocenters. The second-order valence-corrected chi connectivity index (χ2v) is 7.92. The molecule has 0 spiro atoms. The van der Waals surface area contributed by atoms with Crippen LogP contribution in [0.1, 0.15) is 32.3 Å². The molecule has 0 aromatic heterocycles. The van der Waals surface area contributed by atoms with Gasteiger partial charge in [-0.15, -0.1) is 0 Å². The van der Waals surface area contributed by atoms with Crippen molar-refractivity contribution in [1.29, 1.82) is 0 Å². The lowest BCUT2D eigenvalue weighted by Gasteiger charge is -2.15. The Morgan fingerprint density at radius 2 is 2.05 bits per heavy atom. The molecule has 21 heavy (non-hydrogen) atoms. The van der Waals surface area contributed by atoms with Crippen molar-refractivity contribution in [2.24, 2.45) is 5.73 Å². The summed E-state index contributed by atoms with van der Waals surface area (Å²) in [5, 5.41) is 0.536. The van der Waals surface area contributed by atoms with Gasteiger partial charge in [0, 0.05) is 11.8 Å². The third-order valence-electron chi connectivity index (χ3n) is 3.34. The van der Waals surface area contributed by atoms with E-state index in [2.05, 4.69) is 0 Å². The molecule has 0 aliphatic carbocycles. The maximum Gasteiger partial charge on any atom is 0.150 e. The zero-order valence-electron chi connectivity index (χ0n) is 12.6. The number of nitrogens with two attached hydrogens (primary N) is 1. The molecule has 0 heterocycles. The molecule has 1 aromatic carbocycles. The Morgan fingerprint density at radius 3 is 2.67 bits per heavy atom. The maximum absolute atomic E-state index is 11.4. The highest BCUT2D eigenvalue weighted by Crippen LogP contribution is 2.29. The molecule has 120 valence electrons. The van der Waals surface area contributed by atoms with Gasteiger partial charge in [0.2, 0.25) is 0 Å². The molecule has 0 saturated carbocycles. The molecule has 6 heteroatoms. The fourth-order valence-electron chi connectivity index (χ4n) is 1.90. The molecule has 1 unspecified atom stereocenters. The molecule has 1 aromatic rings. The van der Waals surface area contributed by atoms with E-state index in [1.807, 2.05) is 19.1 Å². The van der Waals surface area contributed by atoms with Crippen molar-refractivity contribution in [3.8, 4) is 5.75 Å². The standard InChI is InChI=1S/C15H24ClNO3S/c1-3-13(17)11-12-7-5-8-14(16)15(12)20-9-6-10-21(18,19)4-2/h5,7-8,13H,3-4,6,9-11,17H2,1-2H3. The molecule has 0 aliphatic heterocycles. The van der Waals surface area contributed by atoms with Gasteiger partial charge >= 0.3 is 0 Å². The Balaban J connectivity index is 2.65. The molecular weight excluding hydrogens is 310 g/mol. The van der Waals surface area contributed by atoms with Crippen LogP contribution >= 0.6 is 11.6 Å². The summed E-state index contributed by atoms with van der Waals surface area (Å²) in [4.78, 5) is 0. The predicted molar refractivity (Wildman–Crippen MR) is 87.9 cm³/mol. The number of sulfone groups is 1. The van der Waals surface area contributed by atoms with Crippen LogP contribution in [0.15, 0.2) is 18.2 Å². The summed E-state index contributed by atoms with van der Waals surface area (Å²) < 4.78 is 28.6. The minimum Gasteiger partial charge on any atom is -0.492 e. The molecule has 0 fully saturated rings. The zero-order valence-corrected chi connectivity index (χ0v) is 14.2. The van der Waals surface area contributed by atoms with Gasteiger partial charge in [-0.25, -0.2) is 8.42 Å². The van der Waals surface area contributed by atoms with Gasteiger partial charge in [0.15, 0.2) is 0 Å². The molecular formula is C15H24ClNO3S. The number of hydrogen-bond acceptors (Lipinski definition) is 4. The van der Waals surface area contributed by atoms with Crippen molar-refractivity contribution in [2.45, 2.75) is 39.2 Å². The van der Waals surface area contributed by atoms with E-state index in [1.54, 1.807) is 13.0 Å². The molecule has 0 aliphatic rings. The lowest BCUT2D eigenvalue weighted by atomic mass is 10.0. The van der Waals surface area contributed by atoms with Gasteiger partial charge in [-0.1, -0.05) is 37.6 Å². The van der Waals surface area contributed by atoms with Crippen LogP contribution in [0.5, 0.6) is 5.75 Å². The molecule has 2 N–H and O–H groups in total. The highest BCUT2D eigenvalue weighted by molar-refractivity contribution is 7.91. The first kappa shape index (κ1) is 18.3. The Bertz CT molecular complexity index is 546. The third-order valence-corrected chi connectivity index (χ3v) is 5.43. The van der Waals surface area contributed by atoms with Crippen LogP contribution in [0.4, 0.5) is 0 Å². The second-order valence-electron chi connectivity index (χ2n) is 5.04. The van der Waals surface area contributed by atoms with E-state index >= 15 is 0 Å². The Kier molecular flexibility index (Phi) is 7.49. The first-order valence-corrected chi connectivity index (χ1v) is 9.45. The average molecular weight is 334 g/mol. The topological polar surface area (TPSA) is 69.4 Å². The largest absolute Gasteiger partial charge is 0.492 e. The van der Waals surface area contributed by atoms with Crippen LogP contribution in [0.3, 0.4) is 0 Å². The van der Waals surface area contributed by atoms with Crippen LogP contribution in [0, 0.1) is 0 Å². The van der Waals surface area contributed by atoms with Gasteiger partial charge in [0.25, 0.3) is 0 Å². The van der Waals surface area contributed by atoms with Crippen molar-refractivity contribution in [3.05, 3.63) is 28.8 Å². The van der Waals surface area contributed by atoms with Crippen molar-refractivity contribution in [2.75, 3.05) is 18.1 Å². The number of hydrogen-bond donors (Lipinski definition) is 1. The molecule has 0 saturated heterocycles. The monoisotopic (exact) mass is 333 g/mol. The summed E-state index contributed by atoms with van der Waals surface area (Å²) in [5.41, 5.74) is 6.94. The number of halogens is 1. The third kappa shape index (κ3) is 6.24. The van der Waals surface area contributed by atoms with Crippen molar-refractivity contribution < 1.29 is 13.2 Å². The quantitative estimate of drug-likeness (QED) is 0.705. The van der Waals surface area contributed by atoms with Gasteiger partial charge in [0.05, 0.1) is 17.4 Å². The first-order chi connectivity index (χ1) is 9.89. The molecule has 0 radical (unpaired) electrons. The molecule has 4 nitrogen and oxygen atoms in total. The van der Waals surface area contributed by atoms with Gasteiger partial charge in [-0.2, -0.15) is 0 Å². The lowest BCUT2D eigenvalue weighted by Crippen LogP contribution is -2.22. The van der Waals surface area contributed by atoms with Gasteiger partial charge < -0.3 is 10.5 Å². The Morgan fingerprint density at radius 1 is 1.33 bits per heavy atom. The van der Waals surface area contributed by atoms with E-state index < -0.39 is 9.84 Å². The van der Waals surface area contributed by atoms with Gasteiger partial charge in [-0.3, -0.25) is 0 Å². The predicted octanol–water partition coefficient (Wildman–Crippen LogP) is 2.82. The maximum atomic E-state index is 11.4. The van der Waals surface area contributed by atoms with E-state index in [1.165, 1.54) is 0 Å². The highest BCUT2D eigenvalue weighted by atomic mass is 35.5. The van der Waals surface area contributed by atoms with Crippen LogP contribution in [-0.2, 0) is 16.3 Å². The SMILES string of the molecule is CCC(N)Cc1cccc(Cl)c1OCCCS(=O)(=O)CC. The van der Waals surface area contributed by atoms with Crippen molar-refractivity contribution in [3.63, 3.8) is 0 Å². The number of ether oxygens (including phenoxy) is 1. The summed E-state index contributed by atoms with van der Waals surface area (Å²) in [7, 11) is -2.95. The smallest absolute Gasteiger partial charge is 0.150 e. The highest BCUT2D eigenvalue weighted by Gasteiger charge is 2.12. The van der Waals surface area contributed by atoms with Crippen molar-refractivity contribution >= 4 is 21.4 Å². The van der Waals surface area contributed by atoms with Crippen LogP contribution in [0.25, 0.3) is 0 Å². The van der Waals surface area contributed by atoms with Crippen molar-refractivity contribution in [1.82, 2.24) is 0 Å². The van der Waals surface area contributed by atoms with Crippen LogP contribution in [0.2, 0.25) is 5.02 Å². The van der Waals surface area contributed by atoms with E-state index in [0.717, 1.165) is 12.0 Å². The molecule has 0 bridgehead atoms. The lowest BCUT2D eigenvalue weighted by molar-refractivity contribution is 0.314. The summed E-state index contributed by atoms with van der Waals surface area (Å²) in [6.07, 6.45) is 2.03. The van der Waals surface area contributed by atoms with Crippen LogP contribution in [-0.4, -0.2) is 32.6 Å². The minimum atomic E-state index is -2.95. The van der Waals surface area contributed by atoms with E-state index in [4.69, 9.17) is 22.1 Å². The number of benzene rings is 1. The second kappa shape index (κ2) is 8.61. The summed E-state index contributed by atoms with van der Waals surface area (Å²) >= 11 is 6.17. The minimum absolute atomic E-state index is 0.0614. The summed E-state index contributed by atoms with van der Waals surface area (Å²) in [6.45, 7) is 4.01. The Labute approximate surface area is 132 Å². The summed E-state index contributed by atoms with van der Waals surface area (Å²) in [6, 6.07) is 5.64.